The van der Waals surface area contributed by atoms with E-state index in [1.165, 1.54) is 24.3 Å². The molecule has 0 spiro atoms. The van der Waals surface area contributed by atoms with Crippen molar-refractivity contribution in [1.82, 2.24) is 5.32 Å². The van der Waals surface area contributed by atoms with Gasteiger partial charge in [-0.3, -0.25) is 14.9 Å². The average Bonchev–Trinajstić information content (AvgIpc) is 2.81. The van der Waals surface area contributed by atoms with Gasteiger partial charge in [0.15, 0.2) is 0 Å². The fraction of sp³-hybridized carbons (Fsp3) is 0.0400. The Morgan fingerprint density at radius 1 is 1.03 bits per heavy atom. The highest BCUT2D eigenvalue weighted by atomic mass is 127. The van der Waals surface area contributed by atoms with Gasteiger partial charge in [0.2, 0.25) is 0 Å². The van der Waals surface area contributed by atoms with Crippen LogP contribution in [-0.4, -0.2) is 28.9 Å². The van der Waals surface area contributed by atoms with Gasteiger partial charge < -0.3 is 9.84 Å². The Hall–Kier alpha value is -2.97. The molecule has 1 aliphatic heterocycles. The van der Waals surface area contributed by atoms with E-state index >= 15 is 0 Å². The summed E-state index contributed by atoms with van der Waals surface area (Å²) in [5.74, 6) is -1.95. The second-order valence-electron chi connectivity index (χ2n) is 7.54. The lowest BCUT2D eigenvalue weighted by molar-refractivity contribution is -0.122. The van der Waals surface area contributed by atoms with Crippen LogP contribution in [0.5, 0.6) is 5.75 Å². The zero-order valence-corrected chi connectivity index (χ0v) is 23.2. The number of carboxylic acids is 1. The predicted molar refractivity (Wildman–Crippen MR) is 150 cm³/mol. The molecule has 36 heavy (non-hydrogen) atoms. The quantitative estimate of drug-likeness (QED) is 0.197. The Kier molecular flexibility index (Phi) is 7.95. The van der Waals surface area contributed by atoms with Gasteiger partial charge in [-0.2, -0.15) is 0 Å². The molecule has 3 aromatic carbocycles. The lowest BCUT2D eigenvalue weighted by Gasteiger charge is -2.26. The highest BCUT2D eigenvalue weighted by molar-refractivity contribution is 14.1. The van der Waals surface area contributed by atoms with Crippen LogP contribution in [0.1, 0.15) is 21.5 Å². The highest BCUT2D eigenvalue weighted by Gasteiger charge is 2.37. The summed E-state index contributed by atoms with van der Waals surface area (Å²) >= 11 is 10.2. The Morgan fingerprint density at radius 2 is 1.69 bits per heavy atom. The van der Waals surface area contributed by atoms with Crippen molar-refractivity contribution in [2.24, 2.45) is 0 Å². The van der Waals surface area contributed by atoms with E-state index in [2.05, 4.69) is 50.5 Å². The SMILES string of the molecule is O=C1NC(=O)N(c2cccc(Cl)c2)C(=O)/C1=C/c1cc(I)c(OCc2ccc(C(=O)O)cc2)c(I)c1. The number of nitrogens with zero attached hydrogens (tertiary/aromatic N) is 1. The number of carbonyl (C=O) groups is 4. The topological polar surface area (TPSA) is 113 Å². The molecule has 0 unspecified atom stereocenters. The summed E-state index contributed by atoms with van der Waals surface area (Å²) in [6.07, 6.45) is 1.42. The molecule has 1 heterocycles. The number of urea groups is 1. The number of rotatable bonds is 6. The second-order valence-corrected chi connectivity index (χ2v) is 10.3. The van der Waals surface area contributed by atoms with Gasteiger partial charge in [0, 0.05) is 5.02 Å². The van der Waals surface area contributed by atoms with Crippen molar-refractivity contribution in [2.45, 2.75) is 6.61 Å². The molecule has 8 nitrogen and oxygen atoms in total. The van der Waals surface area contributed by atoms with E-state index in [4.69, 9.17) is 21.4 Å². The lowest BCUT2D eigenvalue weighted by atomic mass is 10.1. The first-order valence-electron chi connectivity index (χ1n) is 10.2. The third-order valence-electron chi connectivity index (χ3n) is 5.08. The molecule has 3 aromatic rings. The number of ether oxygens (including phenoxy) is 1. The predicted octanol–water partition coefficient (Wildman–Crippen LogP) is 5.49. The van der Waals surface area contributed by atoms with Crippen LogP contribution in [0.25, 0.3) is 6.08 Å². The Balaban J connectivity index is 1.57. The fourth-order valence-corrected chi connectivity index (χ4v) is 5.69. The molecule has 0 atom stereocenters. The van der Waals surface area contributed by atoms with E-state index in [1.54, 1.807) is 42.5 Å². The third-order valence-corrected chi connectivity index (χ3v) is 6.92. The molecule has 0 bridgehead atoms. The van der Waals surface area contributed by atoms with Crippen molar-refractivity contribution in [1.29, 1.82) is 0 Å². The van der Waals surface area contributed by atoms with E-state index in [-0.39, 0.29) is 23.4 Å². The molecule has 2 N–H and O–H groups in total. The lowest BCUT2D eigenvalue weighted by Crippen LogP contribution is -2.54. The molecular weight excluding hydrogens is 714 g/mol. The van der Waals surface area contributed by atoms with Gasteiger partial charge in [-0.15, -0.1) is 0 Å². The summed E-state index contributed by atoms with van der Waals surface area (Å²) in [5.41, 5.74) is 1.60. The van der Waals surface area contributed by atoms with Crippen LogP contribution in [-0.2, 0) is 16.2 Å². The van der Waals surface area contributed by atoms with Crippen LogP contribution < -0.4 is 15.0 Å². The van der Waals surface area contributed by atoms with Crippen molar-refractivity contribution in [3.8, 4) is 5.75 Å². The molecule has 1 aliphatic rings. The minimum atomic E-state index is -0.999. The first kappa shape index (κ1) is 26.1. The highest BCUT2D eigenvalue weighted by Crippen LogP contribution is 2.31. The van der Waals surface area contributed by atoms with Crippen LogP contribution >= 0.6 is 56.8 Å². The number of anilines is 1. The van der Waals surface area contributed by atoms with Crippen molar-refractivity contribution < 1.29 is 29.0 Å². The number of nitrogens with one attached hydrogen (secondary N) is 1. The number of carboxylic acid groups (broad SMARTS) is 1. The number of halogens is 3. The van der Waals surface area contributed by atoms with Crippen LogP contribution in [0.15, 0.2) is 66.2 Å². The van der Waals surface area contributed by atoms with E-state index in [0.717, 1.165) is 17.6 Å². The summed E-state index contributed by atoms with van der Waals surface area (Å²) in [4.78, 5) is 49.8. The van der Waals surface area contributed by atoms with Crippen LogP contribution in [0.3, 0.4) is 0 Å². The van der Waals surface area contributed by atoms with Gasteiger partial charge >= 0.3 is 12.0 Å². The molecule has 0 aromatic heterocycles. The molecule has 0 saturated carbocycles. The first-order chi connectivity index (χ1) is 17.1. The standard InChI is InChI=1S/C25H15ClI2N2O6/c26-16-2-1-3-17(11-16)30-23(32)18(22(31)29-25(30)35)8-14-9-19(27)21(20(28)10-14)36-12-13-4-6-15(7-5-13)24(33)34/h1-11H,12H2,(H,33,34)(H,29,31,35)/b18-8+. The van der Waals surface area contributed by atoms with Gasteiger partial charge in [-0.05, 0) is 105 Å². The number of hydrogen-bond acceptors (Lipinski definition) is 5. The number of aromatic carboxylic acids is 1. The van der Waals surface area contributed by atoms with E-state index in [9.17, 15) is 19.2 Å². The van der Waals surface area contributed by atoms with E-state index in [1.807, 2.05) is 0 Å². The zero-order valence-electron chi connectivity index (χ0n) is 18.1. The van der Waals surface area contributed by atoms with Crippen LogP contribution in [0.2, 0.25) is 5.02 Å². The maximum Gasteiger partial charge on any atom is 0.335 e. The molecule has 0 aliphatic carbocycles. The van der Waals surface area contributed by atoms with Gasteiger partial charge in [0.25, 0.3) is 11.8 Å². The number of barbiturate groups is 1. The molecule has 4 amide bonds. The molecule has 1 saturated heterocycles. The number of benzene rings is 3. The summed E-state index contributed by atoms with van der Waals surface area (Å²) < 4.78 is 7.42. The van der Waals surface area contributed by atoms with Crippen LogP contribution in [0.4, 0.5) is 10.5 Å². The Bertz CT molecular complexity index is 1420. The smallest absolute Gasteiger partial charge is 0.335 e. The average molecular weight is 729 g/mol. The minimum Gasteiger partial charge on any atom is -0.487 e. The van der Waals surface area contributed by atoms with Crippen molar-refractivity contribution >= 4 is 92.4 Å². The minimum absolute atomic E-state index is 0.192. The van der Waals surface area contributed by atoms with E-state index in [0.29, 0.717) is 16.3 Å². The third kappa shape index (κ3) is 5.71. The zero-order chi connectivity index (χ0) is 26.0. The first-order valence-corrected chi connectivity index (χ1v) is 12.8. The molecule has 182 valence electrons. The van der Waals surface area contributed by atoms with Crippen LogP contribution in [0, 0.1) is 7.14 Å². The summed E-state index contributed by atoms with van der Waals surface area (Å²) in [7, 11) is 0. The molecule has 1 fully saturated rings. The molecule has 11 heteroatoms. The molecule has 0 radical (unpaired) electrons. The Labute approximate surface area is 237 Å². The largest absolute Gasteiger partial charge is 0.487 e. The monoisotopic (exact) mass is 728 g/mol. The van der Waals surface area contributed by atoms with Gasteiger partial charge in [-0.1, -0.05) is 29.8 Å². The fourth-order valence-electron chi connectivity index (χ4n) is 3.37. The van der Waals surface area contributed by atoms with Gasteiger partial charge in [0.1, 0.15) is 17.9 Å². The van der Waals surface area contributed by atoms with Crippen molar-refractivity contribution in [2.75, 3.05) is 4.90 Å². The normalized spacial score (nSPS) is 14.7. The number of amides is 4. The van der Waals surface area contributed by atoms with E-state index < -0.39 is 23.8 Å². The maximum atomic E-state index is 13.1. The van der Waals surface area contributed by atoms with Gasteiger partial charge in [0.05, 0.1) is 18.4 Å². The van der Waals surface area contributed by atoms with Crippen molar-refractivity contribution in [3.63, 3.8) is 0 Å². The second kappa shape index (κ2) is 11.0. The number of carbonyl (C=O) groups excluding carboxylic acids is 3. The molecular formula is C25H15ClI2N2O6. The summed E-state index contributed by atoms with van der Waals surface area (Å²) in [6, 6.07) is 15.2. The van der Waals surface area contributed by atoms with Crippen molar-refractivity contribution in [3.05, 3.63) is 95.1 Å². The summed E-state index contributed by atoms with van der Waals surface area (Å²) in [5, 5.41) is 11.6. The summed E-state index contributed by atoms with van der Waals surface area (Å²) in [6.45, 7) is 0.226. The molecule has 4 rings (SSSR count). The Morgan fingerprint density at radius 3 is 2.31 bits per heavy atom. The van der Waals surface area contributed by atoms with Gasteiger partial charge in [-0.25, -0.2) is 14.5 Å². The maximum absolute atomic E-state index is 13.1. The number of hydrogen-bond donors (Lipinski definition) is 2. The number of imide groups is 2.